The molecule has 14 heavy (non-hydrogen) atoms. The molecular formula is C11H19N3. The first-order valence-corrected chi connectivity index (χ1v) is 5.43. The van der Waals surface area contributed by atoms with Crippen LogP contribution in [0.15, 0.2) is 12.3 Å². The Kier molecular flexibility index (Phi) is 2.59. The molecule has 0 aliphatic heterocycles. The van der Waals surface area contributed by atoms with Crippen LogP contribution < -0.4 is 5.73 Å². The lowest BCUT2D eigenvalue weighted by molar-refractivity contribution is 0.191. The summed E-state index contributed by atoms with van der Waals surface area (Å²) in [5, 5.41) is 4.36. The second-order valence-electron chi connectivity index (χ2n) is 4.49. The maximum absolute atomic E-state index is 6.19. The van der Waals surface area contributed by atoms with E-state index in [9.17, 15) is 0 Å². The molecule has 1 saturated carbocycles. The largest absolute Gasteiger partial charge is 0.322 e. The van der Waals surface area contributed by atoms with Gasteiger partial charge in [-0.2, -0.15) is 5.10 Å². The summed E-state index contributed by atoms with van der Waals surface area (Å²) in [7, 11) is 1.93. The smallest absolute Gasteiger partial charge is 0.0794 e. The molecule has 0 bridgehead atoms. The molecule has 1 aromatic heterocycles. The third kappa shape index (κ3) is 1.69. The average Bonchev–Trinajstić information content (AvgIpc) is 2.47. The van der Waals surface area contributed by atoms with Gasteiger partial charge in [0, 0.05) is 13.2 Å². The molecule has 78 valence electrons. The number of hydrogen-bond acceptors (Lipinski definition) is 2. The van der Waals surface area contributed by atoms with Crippen LogP contribution in [0.25, 0.3) is 0 Å². The molecule has 1 aromatic rings. The highest BCUT2D eigenvalue weighted by atomic mass is 15.3. The van der Waals surface area contributed by atoms with E-state index in [1.165, 1.54) is 19.3 Å². The minimum atomic E-state index is 0.113. The minimum Gasteiger partial charge on any atom is -0.322 e. The van der Waals surface area contributed by atoms with Crippen LogP contribution >= 0.6 is 0 Å². The quantitative estimate of drug-likeness (QED) is 0.796. The molecule has 3 nitrogen and oxygen atoms in total. The number of nitrogens with zero attached hydrogens (tertiary/aromatic N) is 2. The Hall–Kier alpha value is -0.830. The van der Waals surface area contributed by atoms with Crippen molar-refractivity contribution in [3.05, 3.63) is 18.0 Å². The summed E-state index contributed by atoms with van der Waals surface area (Å²) < 4.78 is 1.82. The van der Waals surface area contributed by atoms with Crippen molar-refractivity contribution in [1.29, 1.82) is 0 Å². The average molecular weight is 193 g/mol. The SMILES string of the molecule is CC(C1CCC1)C(N)c1ccn(C)n1. The molecule has 0 spiro atoms. The van der Waals surface area contributed by atoms with Crippen LogP contribution in [0.1, 0.15) is 37.9 Å². The van der Waals surface area contributed by atoms with Crippen molar-refractivity contribution in [2.75, 3.05) is 0 Å². The van der Waals surface area contributed by atoms with E-state index in [0.717, 1.165) is 11.6 Å². The highest BCUT2D eigenvalue weighted by Gasteiger charge is 2.29. The Bertz CT molecular complexity index is 301. The molecule has 0 aromatic carbocycles. The van der Waals surface area contributed by atoms with Gasteiger partial charge in [-0.25, -0.2) is 0 Å². The zero-order valence-corrected chi connectivity index (χ0v) is 8.98. The van der Waals surface area contributed by atoms with Crippen LogP contribution in [0.2, 0.25) is 0 Å². The lowest BCUT2D eigenvalue weighted by Gasteiger charge is -2.34. The van der Waals surface area contributed by atoms with E-state index in [0.29, 0.717) is 5.92 Å². The molecular weight excluding hydrogens is 174 g/mol. The van der Waals surface area contributed by atoms with Crippen LogP contribution in [-0.4, -0.2) is 9.78 Å². The van der Waals surface area contributed by atoms with E-state index in [1.54, 1.807) is 0 Å². The molecule has 1 fully saturated rings. The van der Waals surface area contributed by atoms with Gasteiger partial charge < -0.3 is 5.73 Å². The zero-order chi connectivity index (χ0) is 10.1. The Morgan fingerprint density at radius 3 is 2.71 bits per heavy atom. The summed E-state index contributed by atoms with van der Waals surface area (Å²) in [6.07, 6.45) is 6.04. The van der Waals surface area contributed by atoms with E-state index < -0.39 is 0 Å². The first-order valence-electron chi connectivity index (χ1n) is 5.43. The van der Waals surface area contributed by atoms with Gasteiger partial charge in [-0.3, -0.25) is 4.68 Å². The molecule has 2 rings (SSSR count). The van der Waals surface area contributed by atoms with Crippen molar-refractivity contribution in [2.45, 2.75) is 32.2 Å². The number of nitrogens with two attached hydrogens (primary N) is 1. The van der Waals surface area contributed by atoms with Crippen molar-refractivity contribution in [2.24, 2.45) is 24.6 Å². The van der Waals surface area contributed by atoms with Gasteiger partial charge in [0.15, 0.2) is 0 Å². The van der Waals surface area contributed by atoms with Crippen LogP contribution in [0.3, 0.4) is 0 Å². The Morgan fingerprint density at radius 2 is 2.29 bits per heavy atom. The monoisotopic (exact) mass is 193 g/mol. The number of rotatable bonds is 3. The van der Waals surface area contributed by atoms with Gasteiger partial charge in [-0.1, -0.05) is 26.2 Å². The van der Waals surface area contributed by atoms with Gasteiger partial charge in [0.25, 0.3) is 0 Å². The first-order chi connectivity index (χ1) is 6.68. The van der Waals surface area contributed by atoms with E-state index in [-0.39, 0.29) is 6.04 Å². The first kappa shape index (κ1) is 9.71. The van der Waals surface area contributed by atoms with Gasteiger partial charge >= 0.3 is 0 Å². The lowest BCUT2D eigenvalue weighted by Crippen LogP contribution is -2.30. The van der Waals surface area contributed by atoms with Crippen molar-refractivity contribution < 1.29 is 0 Å². The molecule has 0 saturated heterocycles. The summed E-state index contributed by atoms with van der Waals surface area (Å²) in [6, 6.07) is 2.14. The number of hydrogen-bond donors (Lipinski definition) is 1. The summed E-state index contributed by atoms with van der Waals surface area (Å²) in [6.45, 7) is 2.25. The fourth-order valence-electron chi connectivity index (χ4n) is 2.14. The third-order valence-electron chi connectivity index (χ3n) is 3.54. The summed E-state index contributed by atoms with van der Waals surface area (Å²) in [5.74, 6) is 1.39. The predicted octanol–water partition coefficient (Wildman–Crippen LogP) is 1.86. The minimum absolute atomic E-state index is 0.113. The highest BCUT2D eigenvalue weighted by molar-refractivity contribution is 5.06. The molecule has 1 aliphatic rings. The maximum atomic E-state index is 6.19. The molecule has 3 heteroatoms. The van der Waals surface area contributed by atoms with Crippen molar-refractivity contribution in [3.63, 3.8) is 0 Å². The van der Waals surface area contributed by atoms with Crippen LogP contribution in [0.5, 0.6) is 0 Å². The summed E-state index contributed by atoms with van der Waals surface area (Å²) in [4.78, 5) is 0. The number of aryl methyl sites for hydroxylation is 1. The van der Waals surface area contributed by atoms with Crippen molar-refractivity contribution in [3.8, 4) is 0 Å². The van der Waals surface area contributed by atoms with E-state index >= 15 is 0 Å². The summed E-state index contributed by atoms with van der Waals surface area (Å²) >= 11 is 0. The third-order valence-corrected chi connectivity index (χ3v) is 3.54. The topological polar surface area (TPSA) is 43.8 Å². The van der Waals surface area contributed by atoms with Crippen LogP contribution in [0, 0.1) is 11.8 Å². The van der Waals surface area contributed by atoms with Crippen molar-refractivity contribution in [1.82, 2.24) is 9.78 Å². The fourth-order valence-corrected chi connectivity index (χ4v) is 2.14. The van der Waals surface area contributed by atoms with Gasteiger partial charge in [-0.15, -0.1) is 0 Å². The maximum Gasteiger partial charge on any atom is 0.0794 e. The normalized spacial score (nSPS) is 21.6. The fraction of sp³-hybridized carbons (Fsp3) is 0.727. The molecule has 2 atom stereocenters. The van der Waals surface area contributed by atoms with Gasteiger partial charge in [0.2, 0.25) is 0 Å². The van der Waals surface area contributed by atoms with Gasteiger partial charge in [-0.05, 0) is 17.9 Å². The van der Waals surface area contributed by atoms with E-state index in [2.05, 4.69) is 12.0 Å². The Morgan fingerprint density at radius 1 is 1.57 bits per heavy atom. The molecule has 2 unspecified atom stereocenters. The predicted molar refractivity (Wildman–Crippen MR) is 56.6 cm³/mol. The Labute approximate surface area is 85.3 Å². The Balaban J connectivity index is 2.03. The molecule has 1 heterocycles. The van der Waals surface area contributed by atoms with Crippen LogP contribution in [-0.2, 0) is 7.05 Å². The second kappa shape index (κ2) is 3.73. The summed E-state index contributed by atoms with van der Waals surface area (Å²) in [5.41, 5.74) is 7.22. The number of aromatic nitrogens is 2. The van der Waals surface area contributed by atoms with E-state index in [4.69, 9.17) is 5.73 Å². The molecule has 2 N–H and O–H groups in total. The molecule has 1 aliphatic carbocycles. The van der Waals surface area contributed by atoms with Gasteiger partial charge in [0.1, 0.15) is 0 Å². The van der Waals surface area contributed by atoms with Crippen molar-refractivity contribution >= 4 is 0 Å². The second-order valence-corrected chi connectivity index (χ2v) is 4.49. The molecule has 0 amide bonds. The standard InChI is InChI=1S/C11H19N3/c1-8(9-4-3-5-9)11(12)10-6-7-14(2)13-10/h6-9,11H,3-5,12H2,1-2H3. The highest BCUT2D eigenvalue weighted by Crippen LogP contribution is 2.38. The molecule has 0 radical (unpaired) electrons. The zero-order valence-electron chi connectivity index (χ0n) is 8.98. The van der Waals surface area contributed by atoms with E-state index in [1.807, 2.05) is 24.0 Å². The van der Waals surface area contributed by atoms with Gasteiger partial charge in [0.05, 0.1) is 11.7 Å². The lowest BCUT2D eigenvalue weighted by atomic mass is 9.73. The van der Waals surface area contributed by atoms with Crippen LogP contribution in [0.4, 0.5) is 0 Å².